The van der Waals surface area contributed by atoms with Crippen molar-refractivity contribution in [2.24, 2.45) is 4.99 Å². The van der Waals surface area contributed by atoms with Gasteiger partial charge in [-0.3, -0.25) is 14.7 Å². The van der Waals surface area contributed by atoms with Crippen molar-refractivity contribution in [3.63, 3.8) is 0 Å². The Bertz CT molecular complexity index is 914. The molecule has 0 atom stereocenters. The van der Waals surface area contributed by atoms with Crippen LogP contribution in [0, 0.1) is 17.4 Å². The summed E-state index contributed by atoms with van der Waals surface area (Å²) in [7, 11) is 0. The van der Waals surface area contributed by atoms with Crippen molar-refractivity contribution in [1.29, 1.82) is 0 Å². The number of amides is 1. The Morgan fingerprint density at radius 2 is 2.00 bits per heavy atom. The van der Waals surface area contributed by atoms with Gasteiger partial charge in [-0.2, -0.15) is 0 Å². The molecule has 136 valence electrons. The Kier molecular flexibility index (Phi) is 5.92. The Balaban J connectivity index is 2.02. The molecule has 0 unspecified atom stereocenters. The van der Waals surface area contributed by atoms with E-state index in [1.165, 1.54) is 15.3 Å². The number of hydrogen-bond acceptors (Lipinski definition) is 3. The molecular formula is C20H22IN3OS. The molecular weight excluding hydrogens is 457 g/mol. The van der Waals surface area contributed by atoms with Crippen LogP contribution in [0.25, 0.3) is 11.8 Å². The number of rotatable bonds is 4. The van der Waals surface area contributed by atoms with Gasteiger partial charge in [-0.05, 0) is 98.0 Å². The van der Waals surface area contributed by atoms with Gasteiger partial charge in [-0.15, -0.1) is 0 Å². The lowest BCUT2D eigenvalue weighted by atomic mass is 10.2. The van der Waals surface area contributed by atoms with Gasteiger partial charge in [0.1, 0.15) is 0 Å². The zero-order valence-electron chi connectivity index (χ0n) is 15.4. The quantitative estimate of drug-likeness (QED) is 0.457. The molecule has 1 aliphatic heterocycles. The van der Waals surface area contributed by atoms with Gasteiger partial charge in [0.05, 0.1) is 4.91 Å². The Morgan fingerprint density at radius 3 is 2.65 bits per heavy atom. The molecule has 1 saturated heterocycles. The molecule has 1 aliphatic rings. The first-order chi connectivity index (χ1) is 12.5. The lowest BCUT2D eigenvalue weighted by Gasteiger charge is -2.11. The molecule has 6 heteroatoms. The van der Waals surface area contributed by atoms with E-state index in [9.17, 15) is 4.79 Å². The van der Waals surface area contributed by atoms with Crippen LogP contribution in [0.3, 0.4) is 0 Å². The molecule has 1 amide bonds. The summed E-state index contributed by atoms with van der Waals surface area (Å²) in [5, 5.41) is 0.803. The second-order valence-electron chi connectivity index (χ2n) is 6.06. The van der Waals surface area contributed by atoms with Gasteiger partial charge in [0.15, 0.2) is 5.17 Å². The molecule has 1 aromatic carbocycles. The number of halogens is 1. The van der Waals surface area contributed by atoms with Crippen LogP contribution < -0.4 is 0 Å². The highest BCUT2D eigenvalue weighted by atomic mass is 127. The van der Waals surface area contributed by atoms with Crippen LogP contribution in [0.2, 0.25) is 0 Å². The van der Waals surface area contributed by atoms with Crippen LogP contribution in [0.5, 0.6) is 0 Å². The molecule has 1 fully saturated rings. The molecule has 2 heterocycles. The van der Waals surface area contributed by atoms with E-state index >= 15 is 0 Å². The van der Waals surface area contributed by atoms with Gasteiger partial charge in [-0.1, -0.05) is 6.07 Å². The number of aliphatic imine (C=N–C) groups is 1. The van der Waals surface area contributed by atoms with Gasteiger partial charge in [0.25, 0.3) is 5.91 Å². The zero-order chi connectivity index (χ0) is 18.8. The predicted octanol–water partition coefficient (Wildman–Crippen LogP) is 5.01. The average Bonchev–Trinajstić information content (AvgIpc) is 3.04. The first-order valence-electron chi connectivity index (χ1n) is 8.67. The third kappa shape index (κ3) is 3.62. The lowest BCUT2D eigenvalue weighted by molar-refractivity contribution is -0.122. The molecule has 0 spiro atoms. The fourth-order valence-electron chi connectivity index (χ4n) is 3.13. The monoisotopic (exact) mass is 479 g/mol. The number of aromatic nitrogens is 1. The molecule has 0 bridgehead atoms. The molecule has 26 heavy (non-hydrogen) atoms. The largest absolute Gasteiger partial charge is 0.318 e. The minimum absolute atomic E-state index is 0.0452. The first-order valence-corrected chi connectivity index (χ1v) is 10.6. The number of nitrogens with zero attached hydrogens (tertiary/aromatic N) is 3. The summed E-state index contributed by atoms with van der Waals surface area (Å²) in [6.45, 7) is 9.49. The number of amidine groups is 1. The molecule has 1 aromatic heterocycles. The van der Waals surface area contributed by atoms with Crippen LogP contribution in [0.4, 0.5) is 0 Å². The fourth-order valence-corrected chi connectivity index (χ4v) is 4.75. The SMILES string of the molecule is CCN=C1S/C(=C\c2cc(C)n(-c3cccc(I)c3)c2C)C(=O)N1CC. The van der Waals surface area contributed by atoms with Crippen molar-refractivity contribution in [3.8, 4) is 5.69 Å². The highest BCUT2D eigenvalue weighted by molar-refractivity contribution is 14.1. The summed E-state index contributed by atoms with van der Waals surface area (Å²) >= 11 is 3.80. The van der Waals surface area contributed by atoms with Crippen LogP contribution in [0.15, 0.2) is 40.2 Å². The molecule has 0 aliphatic carbocycles. The highest BCUT2D eigenvalue weighted by Crippen LogP contribution is 2.34. The summed E-state index contributed by atoms with van der Waals surface area (Å²) in [4.78, 5) is 19.6. The molecule has 0 saturated carbocycles. The maximum atomic E-state index is 12.7. The summed E-state index contributed by atoms with van der Waals surface area (Å²) < 4.78 is 3.44. The first kappa shape index (κ1) is 19.2. The topological polar surface area (TPSA) is 37.6 Å². The van der Waals surface area contributed by atoms with E-state index < -0.39 is 0 Å². The minimum atomic E-state index is 0.0452. The average molecular weight is 479 g/mol. The van der Waals surface area contributed by atoms with Gasteiger partial charge < -0.3 is 4.57 Å². The predicted molar refractivity (Wildman–Crippen MR) is 119 cm³/mol. The summed E-state index contributed by atoms with van der Waals surface area (Å²) in [5.41, 5.74) is 4.51. The van der Waals surface area contributed by atoms with E-state index in [-0.39, 0.29) is 5.91 Å². The van der Waals surface area contributed by atoms with Crippen molar-refractivity contribution >= 4 is 51.5 Å². The number of benzene rings is 1. The summed E-state index contributed by atoms with van der Waals surface area (Å²) in [5.74, 6) is 0.0452. The van der Waals surface area contributed by atoms with Crippen LogP contribution >= 0.6 is 34.4 Å². The second-order valence-corrected chi connectivity index (χ2v) is 8.31. The Hall–Kier alpha value is -1.54. The van der Waals surface area contributed by atoms with E-state index in [1.807, 2.05) is 19.9 Å². The van der Waals surface area contributed by atoms with E-state index in [2.05, 4.69) is 76.3 Å². The van der Waals surface area contributed by atoms with Crippen molar-refractivity contribution < 1.29 is 4.79 Å². The van der Waals surface area contributed by atoms with Gasteiger partial charge in [-0.25, -0.2) is 0 Å². The van der Waals surface area contributed by atoms with Gasteiger partial charge in [0, 0.05) is 33.7 Å². The highest BCUT2D eigenvalue weighted by Gasteiger charge is 2.32. The third-order valence-corrected chi connectivity index (χ3v) is 6.04. The number of hydrogen-bond donors (Lipinski definition) is 0. The van der Waals surface area contributed by atoms with Crippen molar-refractivity contribution in [3.05, 3.63) is 55.8 Å². The lowest BCUT2D eigenvalue weighted by Crippen LogP contribution is -2.28. The van der Waals surface area contributed by atoms with Crippen LogP contribution in [-0.2, 0) is 4.79 Å². The third-order valence-electron chi connectivity index (χ3n) is 4.32. The van der Waals surface area contributed by atoms with Crippen LogP contribution in [0.1, 0.15) is 30.8 Å². The standard InChI is InChI=1S/C20H22IN3OS/c1-5-22-20-23(6-2)19(25)18(26-20)11-15-10-13(3)24(14(15)4)17-9-7-8-16(21)12-17/h7-12H,5-6H2,1-4H3/b18-11-,22-20?. The number of carbonyl (C=O) groups is 1. The van der Waals surface area contributed by atoms with E-state index in [1.54, 1.807) is 4.90 Å². The molecule has 3 rings (SSSR count). The van der Waals surface area contributed by atoms with Crippen molar-refractivity contribution in [2.75, 3.05) is 13.1 Å². The molecule has 0 radical (unpaired) electrons. The van der Waals surface area contributed by atoms with Crippen molar-refractivity contribution in [2.45, 2.75) is 27.7 Å². The van der Waals surface area contributed by atoms with Gasteiger partial charge >= 0.3 is 0 Å². The minimum Gasteiger partial charge on any atom is -0.318 e. The summed E-state index contributed by atoms with van der Waals surface area (Å²) in [6.07, 6.45) is 2.00. The maximum absolute atomic E-state index is 12.7. The normalized spacial score (nSPS) is 17.7. The number of likely N-dealkylation sites (N-methyl/N-ethyl adjacent to an activating group) is 1. The maximum Gasteiger partial charge on any atom is 0.266 e. The van der Waals surface area contributed by atoms with Crippen LogP contribution in [-0.4, -0.2) is 33.6 Å². The smallest absolute Gasteiger partial charge is 0.266 e. The van der Waals surface area contributed by atoms with E-state index in [0.717, 1.165) is 32.7 Å². The molecule has 4 nitrogen and oxygen atoms in total. The molecule has 0 N–H and O–H groups in total. The Morgan fingerprint density at radius 1 is 1.23 bits per heavy atom. The number of carbonyl (C=O) groups excluding carboxylic acids is 1. The molecule has 2 aromatic rings. The fraction of sp³-hybridized carbons (Fsp3) is 0.300. The number of aryl methyl sites for hydroxylation is 1. The number of thioether (sulfide) groups is 1. The zero-order valence-corrected chi connectivity index (χ0v) is 18.4. The van der Waals surface area contributed by atoms with E-state index in [0.29, 0.717) is 13.1 Å². The summed E-state index contributed by atoms with van der Waals surface area (Å²) in [6, 6.07) is 10.6. The van der Waals surface area contributed by atoms with Gasteiger partial charge in [0.2, 0.25) is 0 Å². The van der Waals surface area contributed by atoms with Crippen molar-refractivity contribution in [1.82, 2.24) is 9.47 Å². The second kappa shape index (κ2) is 8.00. The van der Waals surface area contributed by atoms with E-state index in [4.69, 9.17) is 0 Å². The Labute approximate surface area is 172 Å².